The first-order chi connectivity index (χ1) is 15.0. The number of aliphatic carboxylic acids is 1. The Kier molecular flexibility index (Phi) is 7.15. The zero-order chi connectivity index (χ0) is 23.6. The van der Waals surface area contributed by atoms with Crippen LogP contribution in [0, 0.1) is 11.3 Å². The Morgan fingerprint density at radius 2 is 1.50 bits per heavy atom. The topological polar surface area (TPSA) is 131 Å². The fraction of sp³-hybridized carbons (Fsp3) is 0.739. The molecular weight excluding hydrogens is 414 g/mol. The van der Waals surface area contributed by atoms with Crippen LogP contribution in [0.15, 0.2) is 9.59 Å². The highest BCUT2D eigenvalue weighted by Crippen LogP contribution is 2.41. The summed E-state index contributed by atoms with van der Waals surface area (Å²) in [6, 6.07) is -0.643. The minimum absolute atomic E-state index is 0.134. The molecule has 0 unspecified atom stereocenters. The quantitative estimate of drug-likeness (QED) is 0.634. The molecule has 0 atom stereocenters. The Morgan fingerprint density at radius 3 is 2.03 bits per heavy atom. The first-order valence-electron chi connectivity index (χ1n) is 11.6. The van der Waals surface area contributed by atoms with Gasteiger partial charge in [-0.15, -0.1) is 0 Å². The van der Waals surface area contributed by atoms with Crippen molar-refractivity contribution in [2.24, 2.45) is 11.3 Å². The van der Waals surface area contributed by atoms with Crippen LogP contribution in [0.3, 0.4) is 0 Å². The number of aromatic nitrogens is 2. The van der Waals surface area contributed by atoms with Gasteiger partial charge in [-0.05, 0) is 49.9 Å². The van der Waals surface area contributed by atoms with Gasteiger partial charge in [0.15, 0.2) is 5.56 Å². The van der Waals surface area contributed by atoms with Gasteiger partial charge in [-0.2, -0.15) is 0 Å². The van der Waals surface area contributed by atoms with E-state index >= 15 is 0 Å². The number of amides is 1. The van der Waals surface area contributed by atoms with Crippen molar-refractivity contribution in [3.63, 3.8) is 0 Å². The summed E-state index contributed by atoms with van der Waals surface area (Å²) in [7, 11) is 0. The van der Waals surface area contributed by atoms with E-state index < -0.39 is 41.1 Å². The molecule has 1 amide bonds. The minimum atomic E-state index is -1.26. The lowest BCUT2D eigenvalue weighted by Crippen LogP contribution is -2.48. The van der Waals surface area contributed by atoms with Crippen molar-refractivity contribution in [1.82, 2.24) is 14.5 Å². The number of carbonyl (C=O) groups is 2. The SMILES string of the molecule is CC(C)(C)C1CCC(n2c(=O)c(C(=O)NCC(=O)O)c(O)n(C3CCCCC3)c2=O)CC1. The van der Waals surface area contributed by atoms with Gasteiger partial charge in [0.2, 0.25) is 5.88 Å². The third-order valence-electron chi connectivity index (χ3n) is 7.15. The molecule has 3 rings (SSSR count). The number of carboxylic acids is 1. The molecule has 1 heterocycles. The van der Waals surface area contributed by atoms with Crippen molar-refractivity contribution in [1.29, 1.82) is 0 Å². The molecule has 9 heteroatoms. The number of rotatable bonds is 5. The van der Waals surface area contributed by atoms with E-state index in [1.807, 2.05) is 0 Å². The smallest absolute Gasteiger partial charge is 0.334 e. The molecule has 2 saturated carbocycles. The fourth-order valence-electron chi connectivity index (χ4n) is 5.26. The van der Waals surface area contributed by atoms with E-state index in [1.54, 1.807) is 0 Å². The molecule has 1 aromatic rings. The molecule has 0 radical (unpaired) electrons. The molecule has 2 fully saturated rings. The maximum absolute atomic E-state index is 13.5. The standard InChI is InChI=1S/C23H35N3O6/c1-23(2,3)14-9-11-16(12-10-14)26-21(31)18(19(29)24-13-17(27)28)20(30)25(22(26)32)15-7-5-4-6-8-15/h14-16,30H,4-13H2,1-3H3,(H,24,29)(H,27,28). The minimum Gasteiger partial charge on any atom is -0.494 e. The summed E-state index contributed by atoms with van der Waals surface area (Å²) >= 11 is 0. The molecule has 178 valence electrons. The first-order valence-corrected chi connectivity index (χ1v) is 11.6. The summed E-state index contributed by atoms with van der Waals surface area (Å²) in [5.74, 6) is -2.42. The number of nitrogens with zero attached hydrogens (tertiary/aromatic N) is 2. The molecule has 2 aliphatic carbocycles. The van der Waals surface area contributed by atoms with Crippen LogP contribution in [-0.4, -0.2) is 37.8 Å². The predicted molar refractivity (Wildman–Crippen MR) is 119 cm³/mol. The van der Waals surface area contributed by atoms with Crippen molar-refractivity contribution < 1.29 is 19.8 Å². The second-order valence-corrected chi connectivity index (χ2v) is 10.3. The Morgan fingerprint density at radius 1 is 0.938 bits per heavy atom. The van der Waals surface area contributed by atoms with Crippen LogP contribution >= 0.6 is 0 Å². The van der Waals surface area contributed by atoms with Crippen LogP contribution < -0.4 is 16.6 Å². The average molecular weight is 450 g/mol. The Labute approximate surface area is 187 Å². The number of hydrogen-bond donors (Lipinski definition) is 3. The third kappa shape index (κ3) is 4.91. The summed E-state index contributed by atoms with van der Waals surface area (Å²) in [4.78, 5) is 50.3. The molecule has 0 saturated heterocycles. The summed E-state index contributed by atoms with van der Waals surface area (Å²) in [5, 5.41) is 21.9. The molecule has 9 nitrogen and oxygen atoms in total. The lowest BCUT2D eigenvalue weighted by atomic mass is 9.71. The van der Waals surface area contributed by atoms with Gasteiger partial charge in [0.05, 0.1) is 0 Å². The van der Waals surface area contributed by atoms with Crippen LogP contribution in [0.5, 0.6) is 5.88 Å². The van der Waals surface area contributed by atoms with Crippen LogP contribution in [-0.2, 0) is 4.79 Å². The van der Waals surface area contributed by atoms with Crippen LogP contribution in [0.2, 0.25) is 0 Å². The Hall–Kier alpha value is -2.58. The molecule has 32 heavy (non-hydrogen) atoms. The molecule has 0 aliphatic heterocycles. The van der Waals surface area contributed by atoms with Gasteiger partial charge < -0.3 is 15.5 Å². The van der Waals surface area contributed by atoms with E-state index in [0.29, 0.717) is 31.6 Å². The van der Waals surface area contributed by atoms with Gasteiger partial charge in [-0.3, -0.25) is 23.5 Å². The van der Waals surface area contributed by atoms with E-state index in [9.17, 15) is 24.3 Å². The molecule has 2 aliphatic rings. The van der Waals surface area contributed by atoms with Gasteiger partial charge in [0.1, 0.15) is 6.54 Å². The molecule has 1 aromatic heterocycles. The summed E-state index contributed by atoms with van der Waals surface area (Å²) in [5.41, 5.74) is -1.83. The van der Waals surface area contributed by atoms with Crippen LogP contribution in [0.1, 0.15) is 101 Å². The third-order valence-corrected chi connectivity index (χ3v) is 7.15. The molecule has 0 bridgehead atoms. The second kappa shape index (κ2) is 9.50. The van der Waals surface area contributed by atoms with E-state index in [1.165, 1.54) is 4.57 Å². The highest BCUT2D eigenvalue weighted by Gasteiger charge is 2.35. The van der Waals surface area contributed by atoms with Crippen molar-refractivity contribution >= 4 is 11.9 Å². The van der Waals surface area contributed by atoms with E-state index in [4.69, 9.17) is 5.11 Å². The van der Waals surface area contributed by atoms with Crippen molar-refractivity contribution in [2.75, 3.05) is 6.54 Å². The average Bonchev–Trinajstić information content (AvgIpc) is 2.72. The number of hydrogen-bond acceptors (Lipinski definition) is 5. The van der Waals surface area contributed by atoms with Crippen molar-refractivity contribution in [3.05, 3.63) is 26.4 Å². The molecule has 0 spiro atoms. The van der Waals surface area contributed by atoms with Gasteiger partial charge in [-0.25, -0.2) is 4.79 Å². The normalized spacial score (nSPS) is 22.5. The largest absolute Gasteiger partial charge is 0.494 e. The zero-order valence-electron chi connectivity index (χ0n) is 19.2. The monoisotopic (exact) mass is 449 g/mol. The number of aromatic hydroxyl groups is 1. The Balaban J connectivity index is 2.07. The summed E-state index contributed by atoms with van der Waals surface area (Å²) < 4.78 is 2.34. The number of carboxylic acid groups (broad SMARTS) is 1. The lowest BCUT2D eigenvalue weighted by molar-refractivity contribution is -0.135. The number of carbonyl (C=O) groups excluding carboxylic acids is 1. The molecule has 3 N–H and O–H groups in total. The lowest BCUT2D eigenvalue weighted by Gasteiger charge is -2.37. The van der Waals surface area contributed by atoms with Gasteiger partial charge in [0.25, 0.3) is 11.5 Å². The highest BCUT2D eigenvalue weighted by molar-refractivity contribution is 5.97. The summed E-state index contributed by atoms with van der Waals surface area (Å²) in [6.45, 7) is 5.87. The van der Waals surface area contributed by atoms with Crippen LogP contribution in [0.25, 0.3) is 0 Å². The number of nitrogens with one attached hydrogen (secondary N) is 1. The van der Waals surface area contributed by atoms with E-state index in [0.717, 1.165) is 36.7 Å². The maximum atomic E-state index is 13.5. The Bertz CT molecular complexity index is 973. The van der Waals surface area contributed by atoms with Crippen molar-refractivity contribution in [3.8, 4) is 5.88 Å². The maximum Gasteiger partial charge on any atom is 0.334 e. The summed E-state index contributed by atoms with van der Waals surface area (Å²) in [6.07, 6.45) is 7.20. The van der Waals surface area contributed by atoms with Gasteiger partial charge in [-0.1, -0.05) is 40.0 Å². The highest BCUT2D eigenvalue weighted by atomic mass is 16.4. The first kappa shape index (κ1) is 24.1. The molecule has 0 aromatic carbocycles. The zero-order valence-corrected chi connectivity index (χ0v) is 19.2. The predicted octanol–water partition coefficient (Wildman–Crippen LogP) is 2.81. The second-order valence-electron chi connectivity index (χ2n) is 10.3. The van der Waals surface area contributed by atoms with Crippen molar-refractivity contribution in [2.45, 2.75) is 90.6 Å². The molecular formula is C23H35N3O6. The van der Waals surface area contributed by atoms with Crippen LogP contribution in [0.4, 0.5) is 0 Å². The van der Waals surface area contributed by atoms with E-state index in [2.05, 4.69) is 26.1 Å². The van der Waals surface area contributed by atoms with E-state index in [-0.39, 0.29) is 17.5 Å². The van der Waals surface area contributed by atoms with Gasteiger partial charge in [0, 0.05) is 12.1 Å². The van der Waals surface area contributed by atoms with Gasteiger partial charge >= 0.3 is 11.7 Å². The fourth-order valence-corrected chi connectivity index (χ4v) is 5.26.